The molecule has 2 aliphatic rings. The van der Waals surface area contributed by atoms with Crippen molar-refractivity contribution in [3.8, 4) is 0 Å². The van der Waals surface area contributed by atoms with Crippen molar-refractivity contribution in [2.24, 2.45) is 0 Å². The molecule has 2 heterocycles. The second-order valence-corrected chi connectivity index (χ2v) is 7.48. The van der Waals surface area contributed by atoms with E-state index >= 15 is 0 Å². The first-order valence-corrected chi connectivity index (χ1v) is 9.14. The predicted molar refractivity (Wildman–Crippen MR) is 102 cm³/mol. The average Bonchev–Trinajstić information content (AvgIpc) is 3.39. The van der Waals surface area contributed by atoms with Gasteiger partial charge in [0.2, 0.25) is 5.91 Å². The molecule has 3 aromatic rings. The third kappa shape index (κ3) is 2.20. The van der Waals surface area contributed by atoms with Crippen LogP contribution >= 0.6 is 11.6 Å². The van der Waals surface area contributed by atoms with E-state index in [1.54, 1.807) is 12.4 Å². The molecule has 5 rings (SSSR count). The first kappa shape index (κ1) is 15.6. The summed E-state index contributed by atoms with van der Waals surface area (Å²) < 4.78 is 0. The molecule has 0 saturated heterocycles. The SMILES string of the molecule is O=C1N(Cc2ccncc2)c2ccccc2[C@]12C[C@H]2c1ccc(Cl)cc1. The fourth-order valence-electron chi connectivity index (χ4n) is 4.27. The van der Waals surface area contributed by atoms with Crippen molar-refractivity contribution < 1.29 is 4.79 Å². The van der Waals surface area contributed by atoms with E-state index in [4.69, 9.17) is 11.6 Å². The number of fused-ring (bicyclic) bond motifs is 2. The van der Waals surface area contributed by atoms with Gasteiger partial charge in [-0.3, -0.25) is 9.78 Å². The molecule has 26 heavy (non-hydrogen) atoms. The molecule has 128 valence electrons. The number of rotatable bonds is 3. The van der Waals surface area contributed by atoms with Crippen LogP contribution < -0.4 is 4.90 Å². The lowest BCUT2D eigenvalue weighted by molar-refractivity contribution is -0.120. The summed E-state index contributed by atoms with van der Waals surface area (Å²) in [5.41, 5.74) is 4.04. The maximum Gasteiger partial charge on any atom is 0.238 e. The maximum absolute atomic E-state index is 13.5. The Morgan fingerprint density at radius 3 is 2.54 bits per heavy atom. The Balaban J connectivity index is 1.54. The molecule has 1 aliphatic heterocycles. The number of hydrogen-bond acceptors (Lipinski definition) is 2. The zero-order chi connectivity index (χ0) is 17.7. The zero-order valence-electron chi connectivity index (χ0n) is 14.1. The van der Waals surface area contributed by atoms with Crippen molar-refractivity contribution in [3.63, 3.8) is 0 Å². The number of halogens is 1. The van der Waals surface area contributed by atoms with Crippen molar-refractivity contribution in [2.75, 3.05) is 4.90 Å². The largest absolute Gasteiger partial charge is 0.307 e. The van der Waals surface area contributed by atoms with Crippen LogP contribution in [0.25, 0.3) is 0 Å². The van der Waals surface area contributed by atoms with Gasteiger partial charge in [0.1, 0.15) is 0 Å². The van der Waals surface area contributed by atoms with Gasteiger partial charge in [0.25, 0.3) is 0 Å². The van der Waals surface area contributed by atoms with Crippen LogP contribution in [0.1, 0.15) is 29.0 Å². The second kappa shape index (κ2) is 5.68. The minimum Gasteiger partial charge on any atom is -0.307 e. The number of nitrogens with zero attached hydrogens (tertiary/aromatic N) is 2. The highest BCUT2D eigenvalue weighted by Crippen LogP contribution is 2.66. The van der Waals surface area contributed by atoms with E-state index in [-0.39, 0.29) is 11.8 Å². The predicted octanol–water partition coefficient (Wildman–Crippen LogP) is 4.71. The van der Waals surface area contributed by atoms with Crippen LogP contribution in [0.2, 0.25) is 5.02 Å². The van der Waals surface area contributed by atoms with Crippen molar-refractivity contribution >= 4 is 23.2 Å². The Labute approximate surface area is 157 Å². The molecule has 1 aliphatic carbocycles. The topological polar surface area (TPSA) is 33.2 Å². The summed E-state index contributed by atoms with van der Waals surface area (Å²) in [6.07, 6.45) is 4.40. The van der Waals surface area contributed by atoms with E-state index in [2.05, 4.69) is 17.1 Å². The minimum atomic E-state index is -0.419. The first-order valence-electron chi connectivity index (χ1n) is 8.76. The maximum atomic E-state index is 13.5. The van der Waals surface area contributed by atoms with Crippen LogP contribution in [0, 0.1) is 0 Å². The van der Waals surface area contributed by atoms with Crippen LogP contribution in [0.15, 0.2) is 73.1 Å². The third-order valence-corrected chi connectivity index (χ3v) is 5.88. The van der Waals surface area contributed by atoms with E-state index in [9.17, 15) is 4.79 Å². The van der Waals surface area contributed by atoms with Crippen LogP contribution in [0.4, 0.5) is 5.69 Å². The smallest absolute Gasteiger partial charge is 0.238 e. The molecule has 0 unspecified atom stereocenters. The lowest BCUT2D eigenvalue weighted by Gasteiger charge is -2.18. The fourth-order valence-corrected chi connectivity index (χ4v) is 4.40. The lowest BCUT2D eigenvalue weighted by Crippen LogP contribution is -2.32. The molecule has 1 aromatic heterocycles. The number of carbonyl (C=O) groups excluding carboxylic acids is 1. The highest BCUT2D eigenvalue weighted by Gasteiger charge is 2.66. The third-order valence-electron chi connectivity index (χ3n) is 5.63. The van der Waals surface area contributed by atoms with Crippen LogP contribution in [-0.2, 0) is 16.8 Å². The van der Waals surface area contributed by atoms with Gasteiger partial charge in [0, 0.05) is 29.0 Å². The Kier molecular flexibility index (Phi) is 3.41. The molecule has 3 nitrogen and oxygen atoms in total. The number of hydrogen-bond donors (Lipinski definition) is 0. The van der Waals surface area contributed by atoms with Gasteiger partial charge in [-0.15, -0.1) is 0 Å². The van der Waals surface area contributed by atoms with Crippen LogP contribution in [0.3, 0.4) is 0 Å². The summed E-state index contributed by atoms with van der Waals surface area (Å²) in [6.45, 7) is 0.577. The number of para-hydroxylation sites is 1. The number of pyridine rings is 1. The van der Waals surface area contributed by atoms with Gasteiger partial charge in [0.05, 0.1) is 12.0 Å². The summed E-state index contributed by atoms with van der Waals surface area (Å²) >= 11 is 6.03. The fraction of sp³-hybridized carbons (Fsp3) is 0.182. The normalized spacial score (nSPS) is 23.3. The van der Waals surface area contributed by atoms with E-state index in [1.165, 1.54) is 5.56 Å². The summed E-state index contributed by atoms with van der Waals surface area (Å²) in [7, 11) is 0. The van der Waals surface area contributed by atoms with Crippen molar-refractivity contribution in [2.45, 2.75) is 24.3 Å². The summed E-state index contributed by atoms with van der Waals surface area (Å²) in [5.74, 6) is 0.423. The Morgan fingerprint density at radius 2 is 1.77 bits per heavy atom. The molecular formula is C22H17ClN2O. The Hall–Kier alpha value is -2.65. The zero-order valence-corrected chi connectivity index (χ0v) is 14.9. The standard InChI is InChI=1S/C22H17ClN2O/c23-17-7-5-16(6-8-17)19-13-22(19)18-3-1-2-4-20(18)25(21(22)26)14-15-9-11-24-12-10-15/h1-12,19H,13-14H2/t19-,22-/m0/s1. The summed E-state index contributed by atoms with van der Waals surface area (Å²) in [4.78, 5) is 19.5. The van der Waals surface area contributed by atoms with E-state index < -0.39 is 5.41 Å². The molecule has 1 fully saturated rings. The van der Waals surface area contributed by atoms with E-state index in [0.29, 0.717) is 6.54 Å². The molecule has 0 radical (unpaired) electrons. The van der Waals surface area contributed by atoms with Gasteiger partial charge in [-0.2, -0.15) is 0 Å². The molecule has 0 bridgehead atoms. The Morgan fingerprint density at radius 1 is 1.04 bits per heavy atom. The molecule has 2 atom stereocenters. The van der Waals surface area contributed by atoms with Gasteiger partial charge in [-0.1, -0.05) is 41.9 Å². The number of carbonyl (C=O) groups is 1. The summed E-state index contributed by atoms with van der Waals surface area (Å²) in [6, 6.07) is 20.0. The van der Waals surface area contributed by atoms with Crippen LogP contribution in [0.5, 0.6) is 0 Å². The highest BCUT2D eigenvalue weighted by molar-refractivity contribution is 6.30. The molecular weight excluding hydrogens is 344 g/mol. The molecule has 0 N–H and O–H groups in total. The molecule has 1 spiro atoms. The van der Waals surface area contributed by atoms with Gasteiger partial charge >= 0.3 is 0 Å². The second-order valence-electron chi connectivity index (χ2n) is 7.04. The molecule has 4 heteroatoms. The lowest BCUT2D eigenvalue weighted by atomic mass is 9.92. The average molecular weight is 361 g/mol. The Bertz CT molecular complexity index is 987. The van der Waals surface area contributed by atoms with Gasteiger partial charge < -0.3 is 4.90 Å². The molecule has 2 aromatic carbocycles. The number of benzene rings is 2. The van der Waals surface area contributed by atoms with Crippen molar-refractivity contribution in [1.82, 2.24) is 4.98 Å². The highest BCUT2D eigenvalue weighted by atomic mass is 35.5. The number of aromatic nitrogens is 1. The number of amides is 1. The minimum absolute atomic E-state index is 0.204. The van der Waals surface area contributed by atoms with Gasteiger partial charge in [0.15, 0.2) is 0 Å². The van der Waals surface area contributed by atoms with Crippen molar-refractivity contribution in [1.29, 1.82) is 0 Å². The summed E-state index contributed by atoms with van der Waals surface area (Å²) in [5, 5.41) is 0.723. The quantitative estimate of drug-likeness (QED) is 0.677. The monoisotopic (exact) mass is 360 g/mol. The van der Waals surface area contributed by atoms with Gasteiger partial charge in [-0.05, 0) is 53.4 Å². The van der Waals surface area contributed by atoms with E-state index in [0.717, 1.165) is 28.3 Å². The molecule has 1 amide bonds. The van der Waals surface area contributed by atoms with Crippen LogP contribution in [-0.4, -0.2) is 10.9 Å². The molecule has 1 saturated carbocycles. The van der Waals surface area contributed by atoms with E-state index in [1.807, 2.05) is 53.4 Å². The first-order chi connectivity index (χ1) is 12.7. The number of anilines is 1. The van der Waals surface area contributed by atoms with Crippen molar-refractivity contribution in [3.05, 3.63) is 94.8 Å². The van der Waals surface area contributed by atoms with Gasteiger partial charge in [-0.25, -0.2) is 0 Å².